The number of rotatable bonds is 13. The van der Waals surface area contributed by atoms with Gasteiger partial charge in [-0.05, 0) is 56.1 Å². The normalized spacial score (nSPS) is 10.3. The topological polar surface area (TPSA) is 247 Å². The molecule has 17 heteroatoms. The molecule has 2 rings (SSSR count). The van der Waals surface area contributed by atoms with Crippen LogP contribution in [0.3, 0.4) is 0 Å². The molecule has 0 radical (unpaired) electrons. The molecule has 0 atom stereocenters. The van der Waals surface area contributed by atoms with Gasteiger partial charge in [-0.2, -0.15) is 0 Å². The average Bonchev–Trinajstić information content (AvgIpc) is 2.84. The minimum Gasteiger partial charge on any atom is -0.550 e. The van der Waals surface area contributed by atoms with Crippen LogP contribution >= 0.6 is 29.5 Å². The van der Waals surface area contributed by atoms with Crippen molar-refractivity contribution in [3.8, 4) is 0 Å². The molecule has 0 spiro atoms. The lowest BCUT2D eigenvalue weighted by molar-refractivity contribution is -0.386. The van der Waals surface area contributed by atoms with Crippen LogP contribution in [-0.2, 0) is 9.59 Å². The van der Waals surface area contributed by atoms with Gasteiger partial charge in [0.2, 0.25) is 0 Å². The van der Waals surface area contributed by atoms with Gasteiger partial charge in [-0.3, -0.25) is 20.2 Å². The summed E-state index contributed by atoms with van der Waals surface area (Å²) in [5.74, 6) is -5.56. The third kappa shape index (κ3) is 11.1. The van der Waals surface area contributed by atoms with Crippen LogP contribution in [0.2, 0.25) is 0 Å². The number of hydrogen-bond donors (Lipinski definition) is 0. The molecule has 0 aliphatic carbocycles. The molecule has 14 nitrogen and oxygen atoms in total. The molecule has 0 aliphatic heterocycles. The Balaban J connectivity index is 0.000000508. The molecular formula is C21H17N2O12PS2-4. The monoisotopic (exact) mass is 584 g/mol. The fraction of sp³-hybridized carbons (Fsp3) is 0.238. The summed E-state index contributed by atoms with van der Waals surface area (Å²) in [7, 11) is 1.47. The van der Waals surface area contributed by atoms with Crippen molar-refractivity contribution in [1.29, 1.82) is 0 Å². The second-order valence-electron chi connectivity index (χ2n) is 7.16. The maximum Gasteiger partial charge on any atom is 0.278 e. The van der Waals surface area contributed by atoms with Crippen molar-refractivity contribution in [3.63, 3.8) is 0 Å². The van der Waals surface area contributed by atoms with Crippen molar-refractivity contribution >= 4 is 64.8 Å². The zero-order chi connectivity index (χ0) is 29.0. The lowest BCUT2D eigenvalue weighted by Crippen LogP contribution is -2.24. The molecular weight excluding hydrogens is 567 g/mol. The van der Waals surface area contributed by atoms with Crippen molar-refractivity contribution in [2.75, 3.05) is 19.0 Å². The molecule has 0 fully saturated rings. The van der Waals surface area contributed by atoms with Crippen LogP contribution < -0.4 is 20.4 Å². The third-order valence-electron chi connectivity index (χ3n) is 4.40. The van der Waals surface area contributed by atoms with E-state index in [2.05, 4.69) is 0 Å². The standard InChI is InChI=1S/C14H8N2O8S2.C7H13O4P/c17-13(18)9-5-7(1-3-11(9)15(21)22)25-26-8-2-4-12(16(23)24)10(6-8)14(19)20;1-12(4-2-6(8)9)5-3-7(10)11/h1-6H,(H,17,18)(H,19,20);2-5H2,1H3,(H,8,9)(H,10,11)/p-4. The van der Waals surface area contributed by atoms with E-state index in [9.17, 15) is 59.8 Å². The first kappa shape index (κ1) is 32.3. The first-order valence-electron chi connectivity index (χ1n) is 10.1. The van der Waals surface area contributed by atoms with Crippen molar-refractivity contribution in [1.82, 2.24) is 0 Å². The predicted octanol–water partition coefficient (Wildman–Crippen LogP) is -0.592. The average molecular weight is 584 g/mol. The summed E-state index contributed by atoms with van der Waals surface area (Å²) in [6.45, 7) is 1.88. The van der Waals surface area contributed by atoms with Crippen LogP contribution in [0.5, 0.6) is 0 Å². The molecule has 0 aromatic heterocycles. The van der Waals surface area contributed by atoms with Gasteiger partial charge in [0.15, 0.2) is 0 Å². The maximum absolute atomic E-state index is 11.0. The summed E-state index contributed by atoms with van der Waals surface area (Å²) < 4.78 is 0. The molecule has 2 aromatic rings. The third-order valence-corrected chi connectivity index (χ3v) is 8.75. The van der Waals surface area contributed by atoms with Gasteiger partial charge in [0.1, 0.15) is 0 Å². The van der Waals surface area contributed by atoms with Gasteiger partial charge in [-0.1, -0.05) is 21.6 Å². The Morgan fingerprint density at radius 3 is 1.32 bits per heavy atom. The smallest absolute Gasteiger partial charge is 0.278 e. The van der Waals surface area contributed by atoms with Crippen LogP contribution in [0.25, 0.3) is 0 Å². The molecule has 0 bridgehead atoms. The van der Waals surface area contributed by atoms with Crippen LogP contribution in [0.4, 0.5) is 11.4 Å². The van der Waals surface area contributed by atoms with Crippen LogP contribution in [0.1, 0.15) is 33.6 Å². The van der Waals surface area contributed by atoms with Gasteiger partial charge in [-0.15, -0.1) is 7.92 Å². The lowest BCUT2D eigenvalue weighted by atomic mass is 10.2. The van der Waals surface area contributed by atoms with Gasteiger partial charge in [-0.25, -0.2) is 0 Å². The number of carbonyl (C=O) groups excluding carboxylic acids is 4. The second-order valence-corrected chi connectivity index (χ2v) is 12.0. The van der Waals surface area contributed by atoms with Crippen molar-refractivity contribution < 1.29 is 49.5 Å². The highest BCUT2D eigenvalue weighted by molar-refractivity contribution is 8.76. The van der Waals surface area contributed by atoms with Crippen LogP contribution in [-0.4, -0.2) is 52.7 Å². The molecule has 0 aliphatic rings. The van der Waals surface area contributed by atoms with Crippen LogP contribution in [0.15, 0.2) is 46.2 Å². The van der Waals surface area contributed by atoms with E-state index in [1.807, 2.05) is 6.66 Å². The Bertz CT molecular complexity index is 1150. The quantitative estimate of drug-likeness (QED) is 0.124. The summed E-state index contributed by atoms with van der Waals surface area (Å²) >= 11 is 0. The van der Waals surface area contributed by atoms with E-state index in [4.69, 9.17) is 0 Å². The fourth-order valence-electron chi connectivity index (χ4n) is 2.55. The number of aromatic carboxylic acids is 2. The van der Waals surface area contributed by atoms with Gasteiger partial charge in [0, 0.05) is 33.9 Å². The number of carboxylic acid groups (broad SMARTS) is 4. The first-order valence-corrected chi connectivity index (χ1v) is 14.5. The van der Waals surface area contributed by atoms with Crippen molar-refractivity contribution in [2.24, 2.45) is 0 Å². The largest absolute Gasteiger partial charge is 0.550 e. The Kier molecular flexibility index (Phi) is 13.2. The number of nitro benzene ring substituents is 2. The molecule has 0 saturated heterocycles. The van der Waals surface area contributed by atoms with Crippen molar-refractivity contribution in [3.05, 3.63) is 67.8 Å². The summed E-state index contributed by atoms with van der Waals surface area (Å²) in [5, 5.41) is 63.6. The van der Waals surface area contributed by atoms with E-state index in [1.54, 1.807) is 0 Å². The molecule has 0 unspecified atom stereocenters. The van der Waals surface area contributed by atoms with Gasteiger partial charge in [0.25, 0.3) is 11.4 Å². The highest BCUT2D eigenvalue weighted by atomic mass is 33.1. The number of aliphatic carboxylic acids is 2. The highest BCUT2D eigenvalue weighted by Crippen LogP contribution is 2.40. The molecule has 0 heterocycles. The summed E-state index contributed by atoms with van der Waals surface area (Å²) in [6, 6.07) is 6.75. The summed E-state index contributed by atoms with van der Waals surface area (Å²) in [4.78, 5) is 62.6. The number of carboxylic acids is 4. The number of nitro groups is 2. The number of hydrogen-bond acceptors (Lipinski definition) is 14. The minimum absolute atomic E-state index is 0.0231. The molecule has 204 valence electrons. The zero-order valence-corrected chi connectivity index (χ0v) is 21.9. The SMILES string of the molecule is CP(CCC(=O)[O-])CCC(=O)[O-].O=C([O-])c1cc(SSc2ccc([N+](=O)[O-])c(C(=O)[O-])c2)ccc1[N+](=O)[O-]. The van der Waals surface area contributed by atoms with Crippen LogP contribution in [0, 0.1) is 20.2 Å². The van der Waals surface area contributed by atoms with Crippen molar-refractivity contribution in [2.45, 2.75) is 22.6 Å². The van der Waals surface area contributed by atoms with E-state index in [1.165, 1.54) is 12.1 Å². The van der Waals surface area contributed by atoms with E-state index in [0.29, 0.717) is 22.1 Å². The van der Waals surface area contributed by atoms with Gasteiger partial charge in [0.05, 0.1) is 32.9 Å². The number of benzene rings is 2. The Hall–Kier alpha value is -3.75. The van der Waals surface area contributed by atoms with Gasteiger partial charge < -0.3 is 39.6 Å². The molecule has 2 aromatic carbocycles. The molecule has 0 amide bonds. The second kappa shape index (κ2) is 15.5. The summed E-state index contributed by atoms with van der Waals surface area (Å²) in [6.07, 6.45) is 1.11. The zero-order valence-electron chi connectivity index (χ0n) is 19.3. The Morgan fingerprint density at radius 2 is 1.05 bits per heavy atom. The summed E-state index contributed by atoms with van der Waals surface area (Å²) in [5.41, 5.74) is -2.43. The predicted molar refractivity (Wildman–Crippen MR) is 128 cm³/mol. The van der Waals surface area contributed by atoms with E-state index < -0.39 is 64.1 Å². The minimum atomic E-state index is -1.71. The highest BCUT2D eigenvalue weighted by Gasteiger charge is 2.17. The van der Waals surface area contributed by atoms with Gasteiger partial charge >= 0.3 is 0 Å². The lowest BCUT2D eigenvalue weighted by Gasteiger charge is -2.12. The maximum atomic E-state index is 11.0. The van der Waals surface area contributed by atoms with E-state index in [0.717, 1.165) is 45.9 Å². The Labute approximate surface area is 223 Å². The van der Waals surface area contributed by atoms with E-state index >= 15 is 0 Å². The fourth-order valence-corrected chi connectivity index (χ4v) is 5.87. The molecule has 38 heavy (non-hydrogen) atoms. The molecule has 0 N–H and O–H groups in total. The Morgan fingerprint density at radius 1 is 0.711 bits per heavy atom. The first-order chi connectivity index (χ1) is 17.7. The number of nitrogens with zero attached hydrogens (tertiary/aromatic N) is 2. The number of carbonyl (C=O) groups is 4. The molecule has 0 saturated carbocycles. The van der Waals surface area contributed by atoms with E-state index in [-0.39, 0.29) is 12.8 Å².